The van der Waals surface area contributed by atoms with E-state index in [1.165, 1.54) is 12.1 Å². The molecule has 2 rings (SSSR count). The number of phenolic OH excluding ortho intramolecular Hbond substituents is 2. The van der Waals surface area contributed by atoms with Crippen LogP contribution in [0.4, 0.5) is 5.69 Å². The monoisotopic (exact) mass is 327 g/mol. The molecule has 0 heterocycles. The highest BCUT2D eigenvalue weighted by molar-refractivity contribution is 5.93. The molecule has 0 radical (unpaired) electrons. The van der Waals surface area contributed by atoms with Crippen molar-refractivity contribution in [1.29, 1.82) is 0 Å². The molecule has 24 heavy (non-hydrogen) atoms. The van der Waals surface area contributed by atoms with Crippen molar-refractivity contribution in [3.63, 3.8) is 0 Å². The fourth-order valence-electron chi connectivity index (χ4n) is 2.64. The summed E-state index contributed by atoms with van der Waals surface area (Å²) in [7, 11) is 0. The fraction of sp³-hybridized carbons (Fsp3) is 0.350. The predicted octanol–water partition coefficient (Wildman–Crippen LogP) is 4.21. The average molecular weight is 327 g/mol. The third-order valence-electron chi connectivity index (χ3n) is 4.02. The Morgan fingerprint density at radius 1 is 1.08 bits per heavy atom. The Labute approximate surface area is 143 Å². The van der Waals surface area contributed by atoms with E-state index in [4.69, 9.17) is 0 Å². The smallest absolute Gasteiger partial charge is 0.227 e. The first-order valence-electron chi connectivity index (χ1n) is 8.09. The lowest BCUT2D eigenvalue weighted by molar-refractivity contribution is -0.119. The molecule has 128 valence electrons. The summed E-state index contributed by atoms with van der Waals surface area (Å²) in [4.78, 5) is 12.5. The molecule has 1 amide bonds. The standard InChI is InChI=1S/C20H25NO3/c1-13(11-14-9-10-17(22)18(23)12-14)19(24)21-16-8-6-5-7-15(16)20(2,3)4/h5-10,12-13,22-23H,11H2,1-4H3,(H,21,24). The number of nitrogens with one attached hydrogen (secondary N) is 1. The lowest BCUT2D eigenvalue weighted by atomic mass is 9.85. The van der Waals surface area contributed by atoms with Crippen LogP contribution in [-0.4, -0.2) is 16.1 Å². The Balaban J connectivity index is 2.11. The summed E-state index contributed by atoms with van der Waals surface area (Å²) < 4.78 is 0. The maximum Gasteiger partial charge on any atom is 0.227 e. The predicted molar refractivity (Wildman–Crippen MR) is 96.4 cm³/mol. The van der Waals surface area contributed by atoms with E-state index < -0.39 is 0 Å². The summed E-state index contributed by atoms with van der Waals surface area (Å²) in [5, 5.41) is 21.9. The molecule has 1 atom stereocenters. The summed E-state index contributed by atoms with van der Waals surface area (Å²) in [5.74, 6) is -0.658. The molecule has 4 heteroatoms. The molecule has 0 aliphatic rings. The first-order valence-corrected chi connectivity index (χ1v) is 8.09. The number of carbonyl (C=O) groups excluding carboxylic acids is 1. The second-order valence-corrected chi connectivity index (χ2v) is 7.21. The Kier molecular flexibility index (Phi) is 5.17. The van der Waals surface area contributed by atoms with Gasteiger partial charge in [0.2, 0.25) is 5.91 Å². The second kappa shape index (κ2) is 6.95. The minimum Gasteiger partial charge on any atom is -0.504 e. The Bertz CT molecular complexity index is 732. The van der Waals surface area contributed by atoms with Crippen molar-refractivity contribution in [2.45, 2.75) is 39.5 Å². The van der Waals surface area contributed by atoms with Gasteiger partial charge in [0, 0.05) is 11.6 Å². The highest BCUT2D eigenvalue weighted by atomic mass is 16.3. The Morgan fingerprint density at radius 2 is 1.75 bits per heavy atom. The number of hydrogen-bond acceptors (Lipinski definition) is 3. The summed E-state index contributed by atoms with van der Waals surface area (Å²) >= 11 is 0. The van der Waals surface area contributed by atoms with Gasteiger partial charge in [-0.05, 0) is 41.2 Å². The van der Waals surface area contributed by atoms with Crippen molar-refractivity contribution < 1.29 is 15.0 Å². The molecule has 0 aliphatic heterocycles. The maximum absolute atomic E-state index is 12.5. The minimum atomic E-state index is -0.262. The number of para-hydroxylation sites is 1. The van der Waals surface area contributed by atoms with E-state index in [2.05, 4.69) is 26.1 Å². The molecule has 0 saturated heterocycles. The average Bonchev–Trinajstić information content (AvgIpc) is 2.50. The summed E-state index contributed by atoms with van der Waals surface area (Å²) in [5.41, 5.74) is 2.66. The van der Waals surface area contributed by atoms with Crippen LogP contribution in [0.2, 0.25) is 0 Å². The first kappa shape index (κ1) is 17.9. The van der Waals surface area contributed by atoms with Gasteiger partial charge in [0.15, 0.2) is 11.5 Å². The maximum atomic E-state index is 12.5. The summed E-state index contributed by atoms with van der Waals surface area (Å²) in [6.45, 7) is 8.18. The molecule has 0 fully saturated rings. The van der Waals surface area contributed by atoms with Crippen LogP contribution >= 0.6 is 0 Å². The molecular formula is C20H25NO3. The van der Waals surface area contributed by atoms with Crippen LogP contribution in [-0.2, 0) is 16.6 Å². The lowest BCUT2D eigenvalue weighted by Gasteiger charge is -2.23. The van der Waals surface area contributed by atoms with Gasteiger partial charge in [0.25, 0.3) is 0 Å². The number of amides is 1. The molecule has 1 unspecified atom stereocenters. The molecule has 0 aliphatic carbocycles. The van der Waals surface area contributed by atoms with E-state index in [-0.39, 0.29) is 28.7 Å². The van der Waals surface area contributed by atoms with Crippen LogP contribution in [0.3, 0.4) is 0 Å². The Morgan fingerprint density at radius 3 is 2.38 bits per heavy atom. The molecule has 2 aromatic carbocycles. The highest BCUT2D eigenvalue weighted by Gasteiger charge is 2.20. The molecule has 0 bridgehead atoms. The van der Waals surface area contributed by atoms with Gasteiger partial charge < -0.3 is 15.5 Å². The molecule has 4 nitrogen and oxygen atoms in total. The number of anilines is 1. The third kappa shape index (κ3) is 4.28. The van der Waals surface area contributed by atoms with Crippen molar-refractivity contribution in [3.05, 3.63) is 53.6 Å². The van der Waals surface area contributed by atoms with Gasteiger partial charge in [-0.15, -0.1) is 0 Å². The van der Waals surface area contributed by atoms with Gasteiger partial charge in [-0.25, -0.2) is 0 Å². The minimum absolute atomic E-state index is 0.0597. The van der Waals surface area contributed by atoms with Crippen molar-refractivity contribution >= 4 is 11.6 Å². The molecule has 2 aromatic rings. The molecule has 3 N–H and O–H groups in total. The zero-order chi connectivity index (χ0) is 17.9. The molecule has 0 aromatic heterocycles. The van der Waals surface area contributed by atoms with Gasteiger partial charge in [0.1, 0.15) is 0 Å². The second-order valence-electron chi connectivity index (χ2n) is 7.21. The quantitative estimate of drug-likeness (QED) is 0.737. The zero-order valence-corrected chi connectivity index (χ0v) is 14.6. The highest BCUT2D eigenvalue weighted by Crippen LogP contribution is 2.30. The lowest BCUT2D eigenvalue weighted by Crippen LogP contribution is -2.24. The van der Waals surface area contributed by atoms with E-state index in [0.717, 1.165) is 16.8 Å². The Hall–Kier alpha value is -2.49. The van der Waals surface area contributed by atoms with Crippen LogP contribution < -0.4 is 5.32 Å². The van der Waals surface area contributed by atoms with Gasteiger partial charge in [-0.1, -0.05) is 52.0 Å². The summed E-state index contributed by atoms with van der Waals surface area (Å²) in [6.07, 6.45) is 0.483. The van der Waals surface area contributed by atoms with Crippen LogP contribution in [0.1, 0.15) is 38.8 Å². The van der Waals surface area contributed by atoms with Gasteiger partial charge in [-0.2, -0.15) is 0 Å². The fourth-order valence-corrected chi connectivity index (χ4v) is 2.64. The summed E-state index contributed by atoms with van der Waals surface area (Å²) in [6, 6.07) is 12.5. The van der Waals surface area contributed by atoms with E-state index in [0.29, 0.717) is 6.42 Å². The number of carbonyl (C=O) groups is 1. The van der Waals surface area contributed by atoms with Crippen LogP contribution in [0.5, 0.6) is 11.5 Å². The van der Waals surface area contributed by atoms with Crippen LogP contribution in [0.15, 0.2) is 42.5 Å². The van der Waals surface area contributed by atoms with Crippen LogP contribution in [0.25, 0.3) is 0 Å². The molecule has 0 spiro atoms. The number of phenols is 2. The van der Waals surface area contributed by atoms with Gasteiger partial charge in [-0.3, -0.25) is 4.79 Å². The SMILES string of the molecule is CC(Cc1ccc(O)c(O)c1)C(=O)Nc1ccccc1C(C)(C)C. The van der Waals surface area contributed by atoms with E-state index in [9.17, 15) is 15.0 Å². The number of benzene rings is 2. The van der Waals surface area contributed by atoms with Crippen molar-refractivity contribution in [3.8, 4) is 11.5 Å². The number of aromatic hydroxyl groups is 2. The van der Waals surface area contributed by atoms with Gasteiger partial charge in [0.05, 0.1) is 0 Å². The van der Waals surface area contributed by atoms with E-state index in [1.807, 2.05) is 31.2 Å². The number of hydrogen-bond donors (Lipinski definition) is 3. The van der Waals surface area contributed by atoms with Crippen molar-refractivity contribution in [2.75, 3.05) is 5.32 Å². The topological polar surface area (TPSA) is 69.6 Å². The van der Waals surface area contributed by atoms with E-state index in [1.54, 1.807) is 6.07 Å². The largest absolute Gasteiger partial charge is 0.504 e. The van der Waals surface area contributed by atoms with Crippen molar-refractivity contribution in [2.24, 2.45) is 5.92 Å². The van der Waals surface area contributed by atoms with Crippen molar-refractivity contribution in [1.82, 2.24) is 0 Å². The van der Waals surface area contributed by atoms with Gasteiger partial charge >= 0.3 is 0 Å². The first-order chi connectivity index (χ1) is 11.2. The zero-order valence-electron chi connectivity index (χ0n) is 14.6. The molecule has 0 saturated carbocycles. The normalized spacial score (nSPS) is 12.7. The van der Waals surface area contributed by atoms with Crippen LogP contribution in [0, 0.1) is 5.92 Å². The molecular weight excluding hydrogens is 302 g/mol. The van der Waals surface area contributed by atoms with E-state index >= 15 is 0 Å². The third-order valence-corrected chi connectivity index (χ3v) is 4.02. The number of rotatable bonds is 4.